The van der Waals surface area contributed by atoms with Crippen LogP contribution in [0.25, 0.3) is 10.9 Å². The van der Waals surface area contributed by atoms with E-state index < -0.39 is 0 Å². The van der Waals surface area contributed by atoms with E-state index in [0.717, 1.165) is 54.0 Å². The molecule has 1 amide bonds. The first-order chi connectivity index (χ1) is 17.9. The molecule has 3 N–H and O–H groups in total. The highest BCUT2D eigenvalue weighted by molar-refractivity contribution is 6.06. The smallest absolute Gasteiger partial charge is 0.269 e. The number of non-ortho nitro benzene ring substituents is 1. The van der Waals surface area contributed by atoms with Gasteiger partial charge in [0.1, 0.15) is 0 Å². The molecule has 1 aliphatic rings. The Morgan fingerprint density at radius 2 is 1.76 bits per heavy atom. The molecule has 2 heterocycles. The number of rotatable bonds is 6. The van der Waals surface area contributed by atoms with Crippen LogP contribution in [0.4, 0.5) is 22.7 Å². The van der Waals surface area contributed by atoms with Crippen molar-refractivity contribution in [2.45, 2.75) is 13.5 Å². The second-order valence-corrected chi connectivity index (χ2v) is 9.23. The zero-order chi connectivity index (χ0) is 25.9. The molecule has 4 aromatic rings. The van der Waals surface area contributed by atoms with Gasteiger partial charge in [0.2, 0.25) is 0 Å². The first kappa shape index (κ1) is 24.2. The van der Waals surface area contributed by atoms with Crippen molar-refractivity contribution in [1.82, 2.24) is 9.88 Å². The van der Waals surface area contributed by atoms with Gasteiger partial charge in [0.15, 0.2) is 0 Å². The molecule has 188 valence electrons. The van der Waals surface area contributed by atoms with Gasteiger partial charge in [-0.2, -0.15) is 0 Å². The number of anilines is 3. The molecule has 9 heteroatoms. The number of piperazine rings is 1. The number of hydrogen-bond donors (Lipinski definition) is 2. The number of carbonyl (C=O) groups excluding carboxylic acids is 1. The van der Waals surface area contributed by atoms with Crippen LogP contribution in [0, 0.1) is 17.0 Å². The van der Waals surface area contributed by atoms with Gasteiger partial charge in [0, 0.05) is 78.6 Å². The fraction of sp³-hybridized carbons (Fsp3) is 0.214. The standard InChI is InChI=1S/C28H28N6O3/c1-19-16-26(29)25-17-21(6-11-27(25)30-19)31-28(35)24-5-3-2-4-20(24)18-32-12-14-33(15-13-32)22-7-9-23(10-8-22)34(36)37/h2-11,16-17H,12-15,18H2,1H3,(H2,29,30)(H,31,35). The largest absolute Gasteiger partial charge is 0.398 e. The van der Waals surface area contributed by atoms with Gasteiger partial charge in [-0.1, -0.05) is 18.2 Å². The van der Waals surface area contributed by atoms with Crippen LogP contribution in [0.2, 0.25) is 0 Å². The highest BCUT2D eigenvalue weighted by atomic mass is 16.6. The van der Waals surface area contributed by atoms with Crippen molar-refractivity contribution in [3.8, 4) is 0 Å². The van der Waals surface area contributed by atoms with Crippen molar-refractivity contribution in [1.29, 1.82) is 0 Å². The fourth-order valence-corrected chi connectivity index (χ4v) is 4.74. The summed E-state index contributed by atoms with van der Waals surface area (Å²) in [5.41, 5.74) is 11.8. The summed E-state index contributed by atoms with van der Waals surface area (Å²) in [6.07, 6.45) is 0. The number of amides is 1. The summed E-state index contributed by atoms with van der Waals surface area (Å²) < 4.78 is 0. The number of hydrogen-bond acceptors (Lipinski definition) is 7. The summed E-state index contributed by atoms with van der Waals surface area (Å²) in [4.78, 5) is 32.8. The van der Waals surface area contributed by atoms with Gasteiger partial charge >= 0.3 is 0 Å². The first-order valence-electron chi connectivity index (χ1n) is 12.2. The molecule has 37 heavy (non-hydrogen) atoms. The molecule has 0 atom stereocenters. The number of nitrogens with zero attached hydrogens (tertiary/aromatic N) is 4. The maximum Gasteiger partial charge on any atom is 0.269 e. The van der Waals surface area contributed by atoms with E-state index in [1.165, 1.54) is 12.1 Å². The van der Waals surface area contributed by atoms with Crippen molar-refractivity contribution in [2.75, 3.05) is 42.1 Å². The molecular weight excluding hydrogens is 468 g/mol. The Balaban J connectivity index is 1.24. The van der Waals surface area contributed by atoms with Crippen molar-refractivity contribution in [2.24, 2.45) is 0 Å². The molecule has 1 aromatic heterocycles. The highest BCUT2D eigenvalue weighted by Crippen LogP contribution is 2.25. The number of nitro benzene ring substituents is 1. The lowest BCUT2D eigenvalue weighted by molar-refractivity contribution is -0.384. The topological polar surface area (TPSA) is 118 Å². The Kier molecular flexibility index (Phi) is 6.70. The number of nitrogen functional groups attached to an aromatic ring is 1. The minimum absolute atomic E-state index is 0.0937. The molecule has 1 aliphatic heterocycles. The third-order valence-electron chi connectivity index (χ3n) is 6.68. The van der Waals surface area contributed by atoms with Crippen molar-refractivity contribution >= 4 is 39.6 Å². The molecule has 1 fully saturated rings. The quantitative estimate of drug-likeness (QED) is 0.296. The number of carbonyl (C=O) groups is 1. The molecule has 0 radical (unpaired) electrons. The van der Waals surface area contributed by atoms with Crippen LogP contribution >= 0.6 is 0 Å². The average Bonchev–Trinajstić information content (AvgIpc) is 2.90. The molecule has 0 spiro atoms. The molecular formula is C28H28N6O3. The highest BCUT2D eigenvalue weighted by Gasteiger charge is 2.20. The van der Waals surface area contributed by atoms with Gasteiger partial charge in [-0.15, -0.1) is 0 Å². The molecule has 5 rings (SSSR count). The van der Waals surface area contributed by atoms with E-state index in [1.54, 1.807) is 12.1 Å². The van der Waals surface area contributed by atoms with E-state index >= 15 is 0 Å². The van der Waals surface area contributed by atoms with Crippen molar-refractivity contribution in [3.05, 3.63) is 99.7 Å². The van der Waals surface area contributed by atoms with Crippen LogP contribution in [-0.4, -0.2) is 46.9 Å². The fourth-order valence-electron chi connectivity index (χ4n) is 4.74. The van der Waals surface area contributed by atoms with Gasteiger partial charge in [0.25, 0.3) is 11.6 Å². The second kappa shape index (κ2) is 10.2. The van der Waals surface area contributed by atoms with Crippen molar-refractivity contribution < 1.29 is 9.72 Å². The van der Waals surface area contributed by atoms with Crippen LogP contribution in [0.5, 0.6) is 0 Å². The maximum atomic E-state index is 13.2. The number of nitro groups is 1. The summed E-state index contributed by atoms with van der Waals surface area (Å²) in [6, 6.07) is 21.7. The zero-order valence-electron chi connectivity index (χ0n) is 20.6. The number of benzene rings is 3. The minimum Gasteiger partial charge on any atom is -0.398 e. The molecule has 0 bridgehead atoms. The number of nitrogens with two attached hydrogens (primary N) is 1. The second-order valence-electron chi connectivity index (χ2n) is 9.23. The third kappa shape index (κ3) is 5.36. The van der Waals surface area contributed by atoms with Crippen LogP contribution in [0.3, 0.4) is 0 Å². The van der Waals surface area contributed by atoms with Crippen LogP contribution in [0.1, 0.15) is 21.6 Å². The third-order valence-corrected chi connectivity index (χ3v) is 6.68. The van der Waals surface area contributed by atoms with E-state index in [4.69, 9.17) is 5.73 Å². The summed E-state index contributed by atoms with van der Waals surface area (Å²) in [5.74, 6) is -0.168. The van der Waals surface area contributed by atoms with Crippen LogP contribution in [0.15, 0.2) is 72.8 Å². The van der Waals surface area contributed by atoms with Gasteiger partial charge < -0.3 is 16.0 Å². The lowest BCUT2D eigenvalue weighted by Gasteiger charge is -2.36. The maximum absolute atomic E-state index is 13.2. The number of nitrogens with one attached hydrogen (secondary N) is 1. The molecule has 0 saturated carbocycles. The van der Waals surface area contributed by atoms with Gasteiger partial charge in [-0.05, 0) is 55.0 Å². The van der Waals surface area contributed by atoms with E-state index in [9.17, 15) is 14.9 Å². The van der Waals surface area contributed by atoms with E-state index in [0.29, 0.717) is 23.5 Å². The van der Waals surface area contributed by atoms with Gasteiger partial charge in [0.05, 0.1) is 10.4 Å². The minimum atomic E-state index is -0.386. The number of fused-ring (bicyclic) bond motifs is 1. The first-order valence-corrected chi connectivity index (χ1v) is 12.2. The lowest BCUT2D eigenvalue weighted by atomic mass is 10.1. The zero-order valence-corrected chi connectivity index (χ0v) is 20.6. The molecule has 3 aromatic carbocycles. The Hall–Kier alpha value is -4.50. The van der Waals surface area contributed by atoms with Crippen LogP contribution in [-0.2, 0) is 6.54 Å². The molecule has 0 aliphatic carbocycles. The SMILES string of the molecule is Cc1cc(N)c2cc(NC(=O)c3ccccc3CN3CCN(c4ccc([N+](=O)[O-])cc4)CC3)ccc2n1. The van der Waals surface area contributed by atoms with Crippen molar-refractivity contribution in [3.63, 3.8) is 0 Å². The molecule has 0 unspecified atom stereocenters. The lowest BCUT2D eigenvalue weighted by Crippen LogP contribution is -2.46. The average molecular weight is 497 g/mol. The number of aryl methyl sites for hydroxylation is 1. The summed E-state index contributed by atoms with van der Waals surface area (Å²) in [5, 5.41) is 14.7. The van der Waals surface area contributed by atoms with Gasteiger partial charge in [-0.25, -0.2) is 0 Å². The normalized spacial score (nSPS) is 14.0. The molecule has 1 saturated heterocycles. The molecule has 9 nitrogen and oxygen atoms in total. The Labute approximate surface area is 214 Å². The summed E-state index contributed by atoms with van der Waals surface area (Å²) in [7, 11) is 0. The Morgan fingerprint density at radius 1 is 1.03 bits per heavy atom. The number of pyridine rings is 1. The predicted octanol–water partition coefficient (Wildman–Crippen LogP) is 4.61. The summed E-state index contributed by atoms with van der Waals surface area (Å²) in [6.45, 7) is 5.81. The van der Waals surface area contributed by atoms with E-state index in [2.05, 4.69) is 20.1 Å². The number of aromatic nitrogens is 1. The summed E-state index contributed by atoms with van der Waals surface area (Å²) >= 11 is 0. The van der Waals surface area contributed by atoms with E-state index in [1.807, 2.05) is 55.5 Å². The van der Waals surface area contributed by atoms with Gasteiger partial charge in [-0.3, -0.25) is 24.8 Å². The Morgan fingerprint density at radius 3 is 2.49 bits per heavy atom. The Bertz CT molecular complexity index is 1460. The van der Waals surface area contributed by atoms with E-state index in [-0.39, 0.29) is 16.5 Å². The predicted molar refractivity (Wildman–Crippen MR) is 146 cm³/mol. The monoisotopic (exact) mass is 496 g/mol. The van der Waals surface area contributed by atoms with Crippen LogP contribution < -0.4 is 16.0 Å².